The number of pyridine rings is 1. The summed E-state index contributed by atoms with van der Waals surface area (Å²) in [5, 5.41) is 2.86. The monoisotopic (exact) mass is 332 g/mol. The number of para-hydroxylation sites is 1. The molecular formula is C21H20N2O2. The number of amides is 1. The molecule has 0 saturated carbocycles. The van der Waals surface area contributed by atoms with Gasteiger partial charge in [0, 0.05) is 30.4 Å². The van der Waals surface area contributed by atoms with Crippen LogP contribution in [0.5, 0.6) is 5.75 Å². The fourth-order valence-electron chi connectivity index (χ4n) is 2.52. The molecule has 126 valence electrons. The van der Waals surface area contributed by atoms with E-state index >= 15 is 0 Å². The lowest BCUT2D eigenvalue weighted by Crippen LogP contribution is -2.30. The molecule has 3 aromatic rings. The van der Waals surface area contributed by atoms with E-state index in [-0.39, 0.29) is 12.5 Å². The van der Waals surface area contributed by atoms with Crippen LogP contribution in [0.1, 0.15) is 5.69 Å². The number of carbonyl (C=O) groups excluding carboxylic acids is 1. The molecule has 25 heavy (non-hydrogen) atoms. The molecule has 4 nitrogen and oxygen atoms in total. The minimum Gasteiger partial charge on any atom is -0.483 e. The van der Waals surface area contributed by atoms with Crippen LogP contribution in [-0.4, -0.2) is 24.0 Å². The minimum atomic E-state index is -0.140. The number of benzene rings is 2. The van der Waals surface area contributed by atoms with Crippen LogP contribution in [0.25, 0.3) is 11.1 Å². The first-order chi connectivity index (χ1) is 12.3. The summed E-state index contributed by atoms with van der Waals surface area (Å²) in [4.78, 5) is 16.2. The van der Waals surface area contributed by atoms with E-state index in [1.807, 2.05) is 72.8 Å². The van der Waals surface area contributed by atoms with Gasteiger partial charge >= 0.3 is 0 Å². The smallest absolute Gasteiger partial charge is 0.257 e. The van der Waals surface area contributed by atoms with E-state index in [0.717, 1.165) is 16.8 Å². The van der Waals surface area contributed by atoms with Crippen LogP contribution in [0, 0.1) is 0 Å². The van der Waals surface area contributed by atoms with E-state index in [4.69, 9.17) is 4.74 Å². The molecule has 0 unspecified atom stereocenters. The van der Waals surface area contributed by atoms with Crippen LogP contribution >= 0.6 is 0 Å². The van der Waals surface area contributed by atoms with Crippen LogP contribution in [0.2, 0.25) is 0 Å². The predicted molar refractivity (Wildman–Crippen MR) is 98.3 cm³/mol. The molecule has 1 N–H and O–H groups in total. The molecule has 0 fully saturated rings. The van der Waals surface area contributed by atoms with Crippen molar-refractivity contribution in [1.82, 2.24) is 10.3 Å². The zero-order valence-electron chi connectivity index (χ0n) is 13.9. The van der Waals surface area contributed by atoms with Gasteiger partial charge in [-0.1, -0.05) is 54.6 Å². The SMILES string of the molecule is O=C(COc1ccccc1-c1ccccc1)NCCc1ccccn1. The van der Waals surface area contributed by atoms with E-state index in [9.17, 15) is 4.79 Å². The average molecular weight is 332 g/mol. The molecule has 0 atom stereocenters. The van der Waals surface area contributed by atoms with Gasteiger partial charge in [-0.2, -0.15) is 0 Å². The molecular weight excluding hydrogens is 312 g/mol. The summed E-state index contributed by atoms with van der Waals surface area (Å²) in [5.41, 5.74) is 3.00. The Labute approximate surface area is 147 Å². The molecule has 0 aliphatic rings. The highest BCUT2D eigenvalue weighted by molar-refractivity contribution is 5.78. The third kappa shape index (κ3) is 4.91. The second-order valence-corrected chi connectivity index (χ2v) is 5.57. The first kappa shape index (κ1) is 16.7. The number of hydrogen-bond acceptors (Lipinski definition) is 3. The molecule has 3 rings (SSSR count). The number of nitrogens with one attached hydrogen (secondary N) is 1. The second-order valence-electron chi connectivity index (χ2n) is 5.57. The summed E-state index contributed by atoms with van der Waals surface area (Å²) in [6, 6.07) is 23.5. The lowest BCUT2D eigenvalue weighted by atomic mass is 10.1. The van der Waals surface area contributed by atoms with E-state index in [2.05, 4.69) is 10.3 Å². The van der Waals surface area contributed by atoms with Crippen molar-refractivity contribution in [2.75, 3.05) is 13.2 Å². The Hall–Kier alpha value is -3.14. The molecule has 0 radical (unpaired) electrons. The molecule has 0 bridgehead atoms. The van der Waals surface area contributed by atoms with Crippen molar-refractivity contribution < 1.29 is 9.53 Å². The van der Waals surface area contributed by atoms with Gasteiger partial charge in [-0.25, -0.2) is 0 Å². The van der Waals surface area contributed by atoms with E-state index in [0.29, 0.717) is 18.7 Å². The summed E-state index contributed by atoms with van der Waals surface area (Å²) >= 11 is 0. The standard InChI is InChI=1S/C21H20N2O2/c24-21(23-15-13-18-10-6-7-14-22-18)16-25-20-12-5-4-11-19(20)17-8-2-1-3-9-17/h1-12,14H,13,15-16H2,(H,23,24). The van der Waals surface area contributed by atoms with Crippen molar-refractivity contribution in [3.05, 3.63) is 84.7 Å². The first-order valence-corrected chi connectivity index (χ1v) is 8.27. The predicted octanol–water partition coefficient (Wildman–Crippen LogP) is 3.49. The summed E-state index contributed by atoms with van der Waals surface area (Å²) in [6.07, 6.45) is 2.45. The zero-order chi connectivity index (χ0) is 17.3. The Kier molecular flexibility index (Phi) is 5.77. The zero-order valence-corrected chi connectivity index (χ0v) is 13.9. The first-order valence-electron chi connectivity index (χ1n) is 8.27. The lowest BCUT2D eigenvalue weighted by Gasteiger charge is -2.11. The lowest BCUT2D eigenvalue weighted by molar-refractivity contribution is -0.123. The highest BCUT2D eigenvalue weighted by Crippen LogP contribution is 2.29. The molecule has 1 aromatic heterocycles. The van der Waals surface area contributed by atoms with Crippen LogP contribution in [-0.2, 0) is 11.2 Å². The van der Waals surface area contributed by atoms with Crippen LogP contribution in [0.15, 0.2) is 79.0 Å². The molecule has 4 heteroatoms. The van der Waals surface area contributed by atoms with Crippen molar-refractivity contribution in [3.63, 3.8) is 0 Å². The average Bonchev–Trinajstić information content (AvgIpc) is 2.68. The maximum Gasteiger partial charge on any atom is 0.257 e. The number of ether oxygens (including phenoxy) is 1. The molecule has 0 aliphatic carbocycles. The summed E-state index contributed by atoms with van der Waals surface area (Å²) in [6.45, 7) is 0.533. The Morgan fingerprint density at radius 1 is 0.920 bits per heavy atom. The Morgan fingerprint density at radius 3 is 2.48 bits per heavy atom. The molecule has 1 heterocycles. The third-order valence-electron chi connectivity index (χ3n) is 3.76. The topological polar surface area (TPSA) is 51.2 Å². The molecule has 2 aromatic carbocycles. The van der Waals surface area contributed by atoms with Gasteiger partial charge in [-0.05, 0) is 23.8 Å². The summed E-state index contributed by atoms with van der Waals surface area (Å²) in [5.74, 6) is 0.562. The van der Waals surface area contributed by atoms with Crippen molar-refractivity contribution in [2.45, 2.75) is 6.42 Å². The number of nitrogens with zero attached hydrogens (tertiary/aromatic N) is 1. The van der Waals surface area contributed by atoms with Crippen molar-refractivity contribution in [2.24, 2.45) is 0 Å². The quantitative estimate of drug-likeness (QED) is 0.720. The van der Waals surface area contributed by atoms with E-state index in [1.54, 1.807) is 6.20 Å². The summed E-state index contributed by atoms with van der Waals surface area (Å²) < 4.78 is 5.73. The fraction of sp³-hybridized carbons (Fsp3) is 0.143. The van der Waals surface area contributed by atoms with Gasteiger partial charge in [0.2, 0.25) is 0 Å². The van der Waals surface area contributed by atoms with Gasteiger partial charge in [0.1, 0.15) is 5.75 Å². The van der Waals surface area contributed by atoms with Crippen molar-refractivity contribution in [3.8, 4) is 16.9 Å². The van der Waals surface area contributed by atoms with Gasteiger partial charge < -0.3 is 10.1 Å². The Bertz CT molecular complexity index is 804. The van der Waals surface area contributed by atoms with Gasteiger partial charge in [0.15, 0.2) is 6.61 Å². The maximum atomic E-state index is 12.0. The van der Waals surface area contributed by atoms with Crippen LogP contribution in [0.4, 0.5) is 0 Å². The van der Waals surface area contributed by atoms with Gasteiger partial charge in [-0.3, -0.25) is 9.78 Å². The van der Waals surface area contributed by atoms with Crippen molar-refractivity contribution in [1.29, 1.82) is 0 Å². The van der Waals surface area contributed by atoms with Crippen LogP contribution in [0.3, 0.4) is 0 Å². The summed E-state index contributed by atoms with van der Waals surface area (Å²) in [7, 11) is 0. The Morgan fingerprint density at radius 2 is 1.68 bits per heavy atom. The van der Waals surface area contributed by atoms with Crippen LogP contribution < -0.4 is 10.1 Å². The minimum absolute atomic E-state index is 0.00787. The number of hydrogen-bond donors (Lipinski definition) is 1. The second kappa shape index (κ2) is 8.64. The highest BCUT2D eigenvalue weighted by atomic mass is 16.5. The number of rotatable bonds is 7. The largest absolute Gasteiger partial charge is 0.483 e. The van der Waals surface area contributed by atoms with E-state index in [1.165, 1.54) is 0 Å². The molecule has 0 aliphatic heterocycles. The number of aromatic nitrogens is 1. The van der Waals surface area contributed by atoms with Gasteiger partial charge in [0.25, 0.3) is 5.91 Å². The van der Waals surface area contributed by atoms with Gasteiger partial charge in [0.05, 0.1) is 0 Å². The van der Waals surface area contributed by atoms with Crippen molar-refractivity contribution >= 4 is 5.91 Å². The molecule has 0 saturated heterocycles. The third-order valence-corrected chi connectivity index (χ3v) is 3.76. The molecule has 1 amide bonds. The Balaban J connectivity index is 1.52. The maximum absolute atomic E-state index is 12.0. The van der Waals surface area contributed by atoms with E-state index < -0.39 is 0 Å². The fourth-order valence-corrected chi connectivity index (χ4v) is 2.52. The van der Waals surface area contributed by atoms with Gasteiger partial charge in [-0.15, -0.1) is 0 Å². The normalized spacial score (nSPS) is 10.2. The highest BCUT2D eigenvalue weighted by Gasteiger charge is 2.08. The molecule has 0 spiro atoms. The number of carbonyl (C=O) groups is 1.